The smallest absolute Gasteiger partial charge is 0.257 e. The highest BCUT2D eigenvalue weighted by Gasteiger charge is 2.25. The van der Waals surface area contributed by atoms with Gasteiger partial charge in [-0.1, -0.05) is 19.1 Å². The standard InChI is InChI=1S/C16H20N2O/c1-11-5-7-18(8-6-11)10-14-13-4-3-12(2)9-15(13)17-16(14)19/h3-4,9-11H,5-8H2,1-2H3,(H,17,19)/b14-10+. The van der Waals surface area contributed by atoms with E-state index in [0.29, 0.717) is 0 Å². The fraction of sp³-hybridized carbons (Fsp3) is 0.438. The van der Waals surface area contributed by atoms with E-state index >= 15 is 0 Å². The summed E-state index contributed by atoms with van der Waals surface area (Å²) in [5, 5.41) is 2.95. The third kappa shape index (κ3) is 2.37. The first-order valence-corrected chi connectivity index (χ1v) is 7.02. The van der Waals surface area contributed by atoms with Gasteiger partial charge in [0.25, 0.3) is 5.91 Å². The van der Waals surface area contributed by atoms with Gasteiger partial charge in [0.05, 0.1) is 5.57 Å². The van der Waals surface area contributed by atoms with E-state index in [4.69, 9.17) is 0 Å². The van der Waals surface area contributed by atoms with Crippen molar-refractivity contribution in [2.24, 2.45) is 5.92 Å². The van der Waals surface area contributed by atoms with E-state index in [1.54, 1.807) is 0 Å². The molecule has 100 valence electrons. The summed E-state index contributed by atoms with van der Waals surface area (Å²) < 4.78 is 0. The van der Waals surface area contributed by atoms with Crippen LogP contribution in [0.1, 0.15) is 30.9 Å². The third-order valence-electron chi connectivity index (χ3n) is 4.09. The Kier molecular flexibility index (Phi) is 3.05. The molecule has 0 aromatic heterocycles. The molecule has 0 radical (unpaired) electrons. The summed E-state index contributed by atoms with van der Waals surface area (Å²) in [6, 6.07) is 6.14. The van der Waals surface area contributed by atoms with Crippen LogP contribution in [0.5, 0.6) is 0 Å². The Morgan fingerprint density at radius 3 is 2.79 bits per heavy atom. The molecule has 1 saturated heterocycles. The second-order valence-corrected chi connectivity index (χ2v) is 5.76. The van der Waals surface area contributed by atoms with Gasteiger partial charge in [-0.25, -0.2) is 0 Å². The molecule has 0 spiro atoms. The largest absolute Gasteiger partial charge is 0.377 e. The minimum absolute atomic E-state index is 0.0271. The highest BCUT2D eigenvalue weighted by atomic mass is 16.2. The monoisotopic (exact) mass is 256 g/mol. The lowest BCUT2D eigenvalue weighted by Crippen LogP contribution is -2.29. The van der Waals surface area contributed by atoms with Crippen molar-refractivity contribution in [2.75, 3.05) is 18.4 Å². The van der Waals surface area contributed by atoms with Gasteiger partial charge in [0.1, 0.15) is 0 Å². The van der Waals surface area contributed by atoms with Crippen LogP contribution in [0, 0.1) is 12.8 Å². The van der Waals surface area contributed by atoms with Crippen molar-refractivity contribution >= 4 is 17.2 Å². The summed E-state index contributed by atoms with van der Waals surface area (Å²) in [7, 11) is 0. The minimum Gasteiger partial charge on any atom is -0.377 e. The Balaban J connectivity index is 1.87. The zero-order valence-electron chi connectivity index (χ0n) is 11.6. The van der Waals surface area contributed by atoms with Crippen LogP contribution in [0.2, 0.25) is 0 Å². The second kappa shape index (κ2) is 4.72. The topological polar surface area (TPSA) is 32.3 Å². The molecule has 1 aromatic carbocycles. The van der Waals surface area contributed by atoms with Gasteiger partial charge in [0.15, 0.2) is 0 Å². The molecule has 1 aromatic rings. The molecule has 2 aliphatic rings. The maximum Gasteiger partial charge on any atom is 0.257 e. The van der Waals surface area contributed by atoms with E-state index in [1.807, 2.05) is 25.3 Å². The van der Waals surface area contributed by atoms with Crippen molar-refractivity contribution in [3.05, 3.63) is 35.5 Å². The van der Waals surface area contributed by atoms with Gasteiger partial charge < -0.3 is 10.2 Å². The summed E-state index contributed by atoms with van der Waals surface area (Å²) in [5.74, 6) is 0.834. The number of hydrogen-bond donors (Lipinski definition) is 1. The first kappa shape index (κ1) is 12.3. The van der Waals surface area contributed by atoms with Gasteiger partial charge in [-0.15, -0.1) is 0 Å². The van der Waals surface area contributed by atoms with Gasteiger partial charge >= 0.3 is 0 Å². The fourth-order valence-electron chi connectivity index (χ4n) is 2.78. The molecule has 3 rings (SSSR count). The number of carbonyl (C=O) groups is 1. The number of fused-ring (bicyclic) bond motifs is 1. The predicted octanol–water partition coefficient (Wildman–Crippen LogP) is 3.02. The number of rotatable bonds is 1. The molecule has 1 N–H and O–H groups in total. The Bertz CT molecular complexity index is 540. The van der Waals surface area contributed by atoms with Crippen LogP contribution in [0.3, 0.4) is 0 Å². The van der Waals surface area contributed by atoms with Crippen LogP contribution in [0.25, 0.3) is 5.57 Å². The van der Waals surface area contributed by atoms with E-state index in [-0.39, 0.29) is 5.91 Å². The van der Waals surface area contributed by atoms with Crippen molar-refractivity contribution in [3.8, 4) is 0 Å². The second-order valence-electron chi connectivity index (χ2n) is 5.76. The number of amides is 1. The van der Waals surface area contributed by atoms with Crippen molar-refractivity contribution < 1.29 is 4.79 Å². The summed E-state index contributed by atoms with van der Waals surface area (Å²) in [6.07, 6.45) is 4.47. The lowest BCUT2D eigenvalue weighted by molar-refractivity contribution is -0.110. The molecular weight excluding hydrogens is 236 g/mol. The number of anilines is 1. The summed E-state index contributed by atoms with van der Waals surface area (Å²) in [5.41, 5.74) is 3.97. The molecule has 3 nitrogen and oxygen atoms in total. The van der Waals surface area contributed by atoms with Gasteiger partial charge in [-0.2, -0.15) is 0 Å². The van der Waals surface area contributed by atoms with Crippen LogP contribution < -0.4 is 5.32 Å². The lowest BCUT2D eigenvalue weighted by Gasteiger charge is -2.29. The average Bonchev–Trinajstić information content (AvgIpc) is 2.68. The van der Waals surface area contributed by atoms with Crippen LogP contribution in [-0.2, 0) is 4.79 Å². The molecule has 0 bridgehead atoms. The molecule has 0 aliphatic carbocycles. The number of hydrogen-bond acceptors (Lipinski definition) is 2. The van der Waals surface area contributed by atoms with Gasteiger partial charge in [0, 0.05) is 30.5 Å². The Morgan fingerprint density at radius 1 is 1.32 bits per heavy atom. The van der Waals surface area contributed by atoms with E-state index in [9.17, 15) is 4.79 Å². The van der Waals surface area contributed by atoms with Crippen LogP contribution in [0.4, 0.5) is 5.69 Å². The van der Waals surface area contributed by atoms with Crippen LogP contribution in [-0.4, -0.2) is 23.9 Å². The summed E-state index contributed by atoms with van der Waals surface area (Å²) in [6.45, 7) is 6.45. The molecule has 0 saturated carbocycles. The van der Waals surface area contributed by atoms with Crippen LogP contribution in [0.15, 0.2) is 24.4 Å². The lowest BCUT2D eigenvalue weighted by atomic mass is 9.99. The average molecular weight is 256 g/mol. The molecule has 19 heavy (non-hydrogen) atoms. The van der Waals surface area contributed by atoms with Crippen molar-refractivity contribution in [3.63, 3.8) is 0 Å². The maximum absolute atomic E-state index is 12.1. The summed E-state index contributed by atoms with van der Waals surface area (Å²) >= 11 is 0. The predicted molar refractivity (Wildman–Crippen MR) is 77.8 cm³/mol. The first-order chi connectivity index (χ1) is 9.13. The molecule has 0 atom stereocenters. The molecule has 1 amide bonds. The Morgan fingerprint density at radius 2 is 2.05 bits per heavy atom. The highest BCUT2D eigenvalue weighted by Crippen LogP contribution is 2.33. The Hall–Kier alpha value is -1.77. The van der Waals surface area contributed by atoms with E-state index < -0.39 is 0 Å². The minimum atomic E-state index is 0.0271. The number of likely N-dealkylation sites (tertiary alicyclic amines) is 1. The zero-order chi connectivity index (χ0) is 13.4. The SMILES string of the molecule is Cc1ccc2c(c1)NC(=O)/C2=C/N1CCC(C)CC1. The molecule has 2 heterocycles. The van der Waals surface area contributed by atoms with Crippen molar-refractivity contribution in [1.82, 2.24) is 4.90 Å². The van der Waals surface area contributed by atoms with Crippen LogP contribution >= 0.6 is 0 Å². The fourth-order valence-corrected chi connectivity index (χ4v) is 2.78. The molecule has 0 unspecified atom stereocenters. The maximum atomic E-state index is 12.1. The normalized spacial score (nSPS) is 21.7. The number of carbonyl (C=O) groups excluding carboxylic acids is 1. The van der Waals surface area contributed by atoms with Crippen molar-refractivity contribution in [1.29, 1.82) is 0 Å². The zero-order valence-corrected chi connectivity index (χ0v) is 11.6. The van der Waals surface area contributed by atoms with Gasteiger partial charge in [-0.3, -0.25) is 4.79 Å². The number of aryl methyl sites for hydroxylation is 1. The van der Waals surface area contributed by atoms with Gasteiger partial charge in [-0.05, 0) is 37.3 Å². The summed E-state index contributed by atoms with van der Waals surface area (Å²) in [4.78, 5) is 14.4. The third-order valence-corrected chi connectivity index (χ3v) is 4.09. The first-order valence-electron chi connectivity index (χ1n) is 7.02. The molecule has 2 aliphatic heterocycles. The van der Waals surface area contributed by atoms with E-state index in [1.165, 1.54) is 18.4 Å². The van der Waals surface area contributed by atoms with Crippen molar-refractivity contribution in [2.45, 2.75) is 26.7 Å². The Labute approximate surface area is 114 Å². The molecule has 1 fully saturated rings. The quantitative estimate of drug-likeness (QED) is 0.783. The number of nitrogens with zero attached hydrogens (tertiary/aromatic N) is 1. The number of benzene rings is 1. The van der Waals surface area contributed by atoms with E-state index in [0.717, 1.165) is 35.8 Å². The number of nitrogens with one attached hydrogen (secondary N) is 1. The molecular formula is C16H20N2O. The highest BCUT2D eigenvalue weighted by molar-refractivity contribution is 6.31. The molecule has 3 heteroatoms. The van der Waals surface area contributed by atoms with Gasteiger partial charge in [0.2, 0.25) is 0 Å². The van der Waals surface area contributed by atoms with E-state index in [2.05, 4.69) is 23.2 Å². The number of piperidine rings is 1.